The molecule has 1 aromatic heterocycles. The van der Waals surface area contributed by atoms with Crippen LogP contribution in [0.5, 0.6) is 0 Å². The summed E-state index contributed by atoms with van der Waals surface area (Å²) in [7, 11) is 0. The summed E-state index contributed by atoms with van der Waals surface area (Å²) in [5, 5.41) is 4.53. The van der Waals surface area contributed by atoms with Crippen LogP contribution >= 0.6 is 0 Å². The van der Waals surface area contributed by atoms with E-state index in [-0.39, 0.29) is 0 Å². The Hall–Kier alpha value is -0.790. The molecule has 2 nitrogen and oxygen atoms in total. The molecule has 25 heavy (non-hydrogen) atoms. The summed E-state index contributed by atoms with van der Waals surface area (Å²) in [5.41, 5.74) is 2.45. The Labute approximate surface area is 157 Å². The average molecular weight is 349 g/mol. The molecule has 0 aliphatic heterocycles. The molecule has 0 radical (unpaired) electrons. The molecule has 0 aromatic carbocycles. The molecule has 146 valence electrons. The van der Waals surface area contributed by atoms with Gasteiger partial charge < -0.3 is 0 Å². The Morgan fingerprint density at radius 3 is 1.40 bits per heavy atom. The monoisotopic (exact) mass is 348 g/mol. The molecule has 0 aliphatic rings. The zero-order chi connectivity index (χ0) is 18.2. The molecule has 0 unspecified atom stereocenters. The van der Waals surface area contributed by atoms with Crippen molar-refractivity contribution in [2.45, 2.75) is 130 Å². The topological polar surface area (TPSA) is 17.8 Å². The molecule has 0 bridgehead atoms. The Bertz CT molecular complexity index is 408. The van der Waals surface area contributed by atoms with Crippen LogP contribution in [0.2, 0.25) is 0 Å². The number of hydrogen-bond donors (Lipinski definition) is 0. The van der Waals surface area contributed by atoms with Crippen molar-refractivity contribution in [3.63, 3.8) is 0 Å². The van der Waals surface area contributed by atoms with E-state index >= 15 is 0 Å². The summed E-state index contributed by atoms with van der Waals surface area (Å²) in [4.78, 5) is 0. The van der Waals surface area contributed by atoms with Crippen LogP contribution in [0.4, 0.5) is 0 Å². The minimum Gasteiger partial charge on any atom is -0.270 e. The van der Waals surface area contributed by atoms with Crippen molar-refractivity contribution < 1.29 is 0 Å². The fourth-order valence-electron chi connectivity index (χ4n) is 3.71. The molecule has 0 fully saturated rings. The fraction of sp³-hybridized carbons (Fsp3) is 0.870. The SMILES string of the molecule is CCCCCCCCCCCCCCCCCCn1nc(C)cc1C. The van der Waals surface area contributed by atoms with Crippen molar-refractivity contribution in [3.8, 4) is 0 Å². The summed E-state index contributed by atoms with van der Waals surface area (Å²) < 4.78 is 2.17. The van der Waals surface area contributed by atoms with Gasteiger partial charge in [0, 0.05) is 12.2 Å². The maximum absolute atomic E-state index is 4.53. The minimum absolute atomic E-state index is 1.10. The van der Waals surface area contributed by atoms with Crippen molar-refractivity contribution in [2.24, 2.45) is 0 Å². The highest BCUT2D eigenvalue weighted by atomic mass is 15.3. The highest BCUT2D eigenvalue weighted by Gasteiger charge is 2.00. The van der Waals surface area contributed by atoms with E-state index in [1.165, 1.54) is 108 Å². The number of rotatable bonds is 17. The van der Waals surface area contributed by atoms with Crippen molar-refractivity contribution >= 4 is 0 Å². The number of hydrogen-bond acceptors (Lipinski definition) is 1. The summed E-state index contributed by atoms with van der Waals surface area (Å²) in [5.74, 6) is 0. The average Bonchev–Trinajstić information content (AvgIpc) is 2.92. The van der Waals surface area contributed by atoms with Crippen LogP contribution in [0, 0.1) is 13.8 Å². The van der Waals surface area contributed by atoms with Crippen LogP contribution in [-0.4, -0.2) is 9.78 Å². The van der Waals surface area contributed by atoms with Gasteiger partial charge in [-0.2, -0.15) is 5.10 Å². The maximum Gasteiger partial charge on any atom is 0.0596 e. The van der Waals surface area contributed by atoms with E-state index in [1.807, 2.05) is 0 Å². The van der Waals surface area contributed by atoms with E-state index in [9.17, 15) is 0 Å². The third-order valence-electron chi connectivity index (χ3n) is 5.33. The second-order valence-corrected chi connectivity index (χ2v) is 7.95. The first kappa shape index (κ1) is 22.3. The molecule has 0 aliphatic carbocycles. The molecule has 2 heteroatoms. The first-order valence-electron chi connectivity index (χ1n) is 11.2. The highest BCUT2D eigenvalue weighted by Crippen LogP contribution is 2.14. The summed E-state index contributed by atoms with van der Waals surface area (Å²) in [6.07, 6.45) is 22.9. The summed E-state index contributed by atoms with van der Waals surface area (Å²) in [6.45, 7) is 7.63. The number of aryl methyl sites for hydroxylation is 3. The van der Waals surface area contributed by atoms with E-state index in [4.69, 9.17) is 0 Å². The van der Waals surface area contributed by atoms with E-state index in [0.29, 0.717) is 0 Å². The molecule has 0 saturated carbocycles. The van der Waals surface area contributed by atoms with Gasteiger partial charge in [0.15, 0.2) is 0 Å². The Kier molecular flexibility index (Phi) is 13.8. The molecular formula is C23H44N2. The lowest BCUT2D eigenvalue weighted by Crippen LogP contribution is -2.02. The number of nitrogens with zero attached hydrogens (tertiary/aromatic N) is 2. The fourth-order valence-corrected chi connectivity index (χ4v) is 3.71. The van der Waals surface area contributed by atoms with Gasteiger partial charge in [-0.25, -0.2) is 0 Å². The molecular weight excluding hydrogens is 304 g/mol. The van der Waals surface area contributed by atoms with Crippen molar-refractivity contribution in [3.05, 3.63) is 17.5 Å². The van der Waals surface area contributed by atoms with Crippen LogP contribution in [-0.2, 0) is 6.54 Å². The Balaban J connectivity index is 1.75. The largest absolute Gasteiger partial charge is 0.270 e. The van der Waals surface area contributed by atoms with Crippen LogP contribution in [0.25, 0.3) is 0 Å². The molecule has 1 aromatic rings. The minimum atomic E-state index is 1.10. The molecule has 1 heterocycles. The number of unbranched alkanes of at least 4 members (excludes halogenated alkanes) is 15. The van der Waals surface area contributed by atoms with Crippen LogP contribution in [0.3, 0.4) is 0 Å². The third-order valence-corrected chi connectivity index (χ3v) is 5.33. The van der Waals surface area contributed by atoms with Gasteiger partial charge in [0.2, 0.25) is 0 Å². The molecule has 0 amide bonds. The lowest BCUT2D eigenvalue weighted by atomic mass is 10.0. The molecule has 0 spiro atoms. The van der Waals surface area contributed by atoms with E-state index in [0.717, 1.165) is 12.2 Å². The smallest absolute Gasteiger partial charge is 0.0596 e. The Morgan fingerprint density at radius 2 is 1.04 bits per heavy atom. The molecule has 1 rings (SSSR count). The molecule has 0 atom stereocenters. The van der Waals surface area contributed by atoms with Gasteiger partial charge in [-0.15, -0.1) is 0 Å². The summed E-state index contributed by atoms with van der Waals surface area (Å²) in [6, 6.07) is 2.17. The van der Waals surface area contributed by atoms with Gasteiger partial charge in [0.25, 0.3) is 0 Å². The maximum atomic E-state index is 4.53. The third kappa shape index (κ3) is 12.2. The number of aromatic nitrogens is 2. The first-order valence-corrected chi connectivity index (χ1v) is 11.2. The van der Waals surface area contributed by atoms with Crippen LogP contribution in [0.15, 0.2) is 6.07 Å². The van der Waals surface area contributed by atoms with Crippen LogP contribution < -0.4 is 0 Å². The van der Waals surface area contributed by atoms with Crippen molar-refractivity contribution in [1.82, 2.24) is 9.78 Å². The van der Waals surface area contributed by atoms with Crippen LogP contribution in [0.1, 0.15) is 121 Å². The first-order chi connectivity index (χ1) is 12.2. The van der Waals surface area contributed by atoms with Gasteiger partial charge in [0.05, 0.1) is 5.69 Å². The van der Waals surface area contributed by atoms with E-state index in [1.54, 1.807) is 0 Å². The quantitative estimate of drug-likeness (QED) is 0.263. The lowest BCUT2D eigenvalue weighted by Gasteiger charge is -2.05. The van der Waals surface area contributed by atoms with Gasteiger partial charge in [-0.3, -0.25) is 4.68 Å². The van der Waals surface area contributed by atoms with Crippen molar-refractivity contribution in [2.75, 3.05) is 0 Å². The van der Waals surface area contributed by atoms with Gasteiger partial charge in [0.1, 0.15) is 0 Å². The van der Waals surface area contributed by atoms with E-state index in [2.05, 4.69) is 36.6 Å². The molecule has 0 saturated heterocycles. The standard InChI is InChI=1S/C23H44N2/c1-4-5-6-7-8-9-10-11-12-13-14-15-16-17-18-19-20-25-23(3)21-22(2)24-25/h21H,4-20H2,1-3H3. The molecule has 0 N–H and O–H groups in total. The van der Waals surface area contributed by atoms with Crippen molar-refractivity contribution in [1.29, 1.82) is 0 Å². The van der Waals surface area contributed by atoms with Gasteiger partial charge in [-0.1, -0.05) is 103 Å². The van der Waals surface area contributed by atoms with Gasteiger partial charge in [-0.05, 0) is 26.3 Å². The predicted octanol–water partition coefficient (Wildman–Crippen LogP) is 7.76. The lowest BCUT2D eigenvalue weighted by molar-refractivity contribution is 0.504. The summed E-state index contributed by atoms with van der Waals surface area (Å²) >= 11 is 0. The Morgan fingerprint density at radius 1 is 0.640 bits per heavy atom. The zero-order valence-electron chi connectivity index (χ0n) is 17.5. The second kappa shape index (κ2) is 15.5. The van der Waals surface area contributed by atoms with E-state index < -0.39 is 0 Å². The zero-order valence-corrected chi connectivity index (χ0v) is 17.5. The second-order valence-electron chi connectivity index (χ2n) is 7.95. The highest BCUT2D eigenvalue weighted by molar-refractivity contribution is 5.06. The van der Waals surface area contributed by atoms with Gasteiger partial charge >= 0.3 is 0 Å². The predicted molar refractivity (Wildman–Crippen MR) is 111 cm³/mol. The normalized spacial score (nSPS) is 11.3.